The van der Waals surface area contributed by atoms with Crippen molar-refractivity contribution in [2.45, 2.75) is 13.8 Å². The molecule has 0 unspecified atom stereocenters. The number of benzene rings is 2. The van der Waals surface area contributed by atoms with E-state index in [2.05, 4.69) is 10.5 Å². The van der Waals surface area contributed by atoms with Gasteiger partial charge in [-0.1, -0.05) is 47.1 Å². The van der Waals surface area contributed by atoms with Gasteiger partial charge in [0.2, 0.25) is 5.88 Å². The van der Waals surface area contributed by atoms with Crippen molar-refractivity contribution in [2.75, 3.05) is 11.9 Å². The Morgan fingerprint density at radius 3 is 2.59 bits per heavy atom. The minimum absolute atomic E-state index is 0.0863. The van der Waals surface area contributed by atoms with Crippen LogP contribution in [0.5, 0.6) is 0 Å². The van der Waals surface area contributed by atoms with Crippen LogP contribution in [-0.4, -0.2) is 28.6 Å². The molecule has 148 valence electrons. The van der Waals surface area contributed by atoms with Crippen molar-refractivity contribution < 1.29 is 23.8 Å². The third-order valence-electron chi connectivity index (χ3n) is 4.09. The van der Waals surface area contributed by atoms with Crippen LogP contribution in [0.25, 0.3) is 11.3 Å². The maximum absolute atomic E-state index is 12.2. The number of rotatable bonds is 6. The van der Waals surface area contributed by atoms with E-state index in [0.29, 0.717) is 11.3 Å². The van der Waals surface area contributed by atoms with Gasteiger partial charge in [0, 0.05) is 17.2 Å². The maximum atomic E-state index is 12.2. The minimum Gasteiger partial charge on any atom is -0.452 e. The molecule has 9 nitrogen and oxygen atoms in total. The van der Waals surface area contributed by atoms with Crippen LogP contribution in [0.4, 0.5) is 11.6 Å². The number of esters is 1. The molecule has 0 saturated heterocycles. The number of nitrogens with zero attached hydrogens (tertiary/aromatic N) is 2. The van der Waals surface area contributed by atoms with E-state index in [1.54, 1.807) is 0 Å². The largest absolute Gasteiger partial charge is 0.452 e. The molecule has 0 bridgehead atoms. The Kier molecular flexibility index (Phi) is 5.68. The van der Waals surface area contributed by atoms with Gasteiger partial charge in [0.1, 0.15) is 11.3 Å². The highest BCUT2D eigenvalue weighted by Crippen LogP contribution is 2.24. The van der Waals surface area contributed by atoms with Crippen LogP contribution in [0.1, 0.15) is 21.5 Å². The number of nitrogens with one attached hydrogen (secondary N) is 1. The van der Waals surface area contributed by atoms with Crippen molar-refractivity contribution in [1.82, 2.24) is 5.16 Å². The molecule has 1 amide bonds. The highest BCUT2D eigenvalue weighted by atomic mass is 16.6. The van der Waals surface area contributed by atoms with Crippen LogP contribution in [0, 0.1) is 24.0 Å². The fraction of sp³-hybridized carbons (Fsp3) is 0.150. The molecule has 0 aliphatic rings. The number of para-hydroxylation sites is 1. The number of nitro benzene ring substituents is 1. The summed E-state index contributed by atoms with van der Waals surface area (Å²) in [6, 6.07) is 13.4. The molecule has 2 aromatic carbocycles. The van der Waals surface area contributed by atoms with E-state index in [1.807, 2.05) is 31.2 Å². The van der Waals surface area contributed by atoms with Crippen LogP contribution in [-0.2, 0) is 9.53 Å². The van der Waals surface area contributed by atoms with Crippen molar-refractivity contribution in [3.8, 4) is 11.3 Å². The Labute approximate surface area is 165 Å². The molecule has 0 aliphatic carbocycles. The molecule has 1 N–H and O–H groups in total. The summed E-state index contributed by atoms with van der Waals surface area (Å²) in [5, 5.41) is 17.5. The van der Waals surface area contributed by atoms with Crippen molar-refractivity contribution in [2.24, 2.45) is 0 Å². The first-order valence-corrected chi connectivity index (χ1v) is 8.60. The molecule has 0 aliphatic heterocycles. The monoisotopic (exact) mass is 395 g/mol. The molecule has 29 heavy (non-hydrogen) atoms. The number of hydrogen-bond donors (Lipinski definition) is 1. The predicted molar refractivity (Wildman–Crippen MR) is 103 cm³/mol. The Bertz CT molecular complexity index is 1070. The fourth-order valence-electron chi connectivity index (χ4n) is 2.64. The van der Waals surface area contributed by atoms with Gasteiger partial charge >= 0.3 is 5.97 Å². The second kappa shape index (κ2) is 8.34. The zero-order chi connectivity index (χ0) is 21.0. The average Bonchev–Trinajstić information content (AvgIpc) is 3.14. The lowest BCUT2D eigenvalue weighted by Gasteiger charge is -2.06. The van der Waals surface area contributed by atoms with Crippen LogP contribution in [0.15, 0.2) is 53.1 Å². The lowest BCUT2D eigenvalue weighted by molar-refractivity contribution is -0.385. The summed E-state index contributed by atoms with van der Waals surface area (Å²) in [5.41, 5.74) is 2.20. The molecule has 3 rings (SSSR count). The second-order valence-corrected chi connectivity index (χ2v) is 6.29. The first-order chi connectivity index (χ1) is 13.8. The number of aromatic nitrogens is 1. The zero-order valence-corrected chi connectivity index (χ0v) is 15.7. The zero-order valence-electron chi connectivity index (χ0n) is 15.7. The number of aryl methyl sites for hydroxylation is 2. The number of carbonyl (C=O) groups is 2. The molecule has 0 spiro atoms. The van der Waals surface area contributed by atoms with Crippen LogP contribution < -0.4 is 5.32 Å². The number of anilines is 1. The normalized spacial score (nSPS) is 10.4. The van der Waals surface area contributed by atoms with Gasteiger partial charge in [-0.25, -0.2) is 4.79 Å². The molecule has 0 saturated carbocycles. The number of nitro groups is 1. The average molecular weight is 395 g/mol. The van der Waals surface area contributed by atoms with Gasteiger partial charge in [-0.3, -0.25) is 20.2 Å². The van der Waals surface area contributed by atoms with Gasteiger partial charge < -0.3 is 9.26 Å². The van der Waals surface area contributed by atoms with Gasteiger partial charge in [-0.15, -0.1) is 0 Å². The molecular formula is C20H17N3O6. The van der Waals surface area contributed by atoms with E-state index in [9.17, 15) is 19.7 Å². The number of amides is 1. The summed E-state index contributed by atoms with van der Waals surface area (Å²) in [6.07, 6.45) is 0. The number of hydrogen-bond acceptors (Lipinski definition) is 7. The molecule has 9 heteroatoms. The third-order valence-corrected chi connectivity index (χ3v) is 4.09. The van der Waals surface area contributed by atoms with E-state index in [-0.39, 0.29) is 17.1 Å². The Balaban J connectivity index is 1.61. The Morgan fingerprint density at radius 2 is 1.90 bits per heavy atom. The number of ether oxygens (including phenoxy) is 1. The van der Waals surface area contributed by atoms with Crippen molar-refractivity contribution in [1.29, 1.82) is 0 Å². The fourth-order valence-corrected chi connectivity index (χ4v) is 2.64. The van der Waals surface area contributed by atoms with Crippen molar-refractivity contribution in [3.05, 3.63) is 75.3 Å². The summed E-state index contributed by atoms with van der Waals surface area (Å²) >= 11 is 0. The summed E-state index contributed by atoms with van der Waals surface area (Å²) in [7, 11) is 0. The van der Waals surface area contributed by atoms with E-state index < -0.39 is 23.4 Å². The predicted octanol–water partition coefficient (Wildman–Crippen LogP) is 3.66. The molecule has 0 atom stereocenters. The quantitative estimate of drug-likeness (QED) is 0.383. The first-order valence-electron chi connectivity index (χ1n) is 8.60. The van der Waals surface area contributed by atoms with Gasteiger partial charge in [0.05, 0.1) is 4.92 Å². The Hall–Kier alpha value is -4.01. The van der Waals surface area contributed by atoms with Crippen molar-refractivity contribution in [3.63, 3.8) is 0 Å². The SMILES string of the molecule is Cc1ccc(-c2cc(NC(=O)COC(=O)c3cccc(C)c3[N+](=O)[O-])on2)cc1. The summed E-state index contributed by atoms with van der Waals surface area (Å²) in [5.74, 6) is -1.54. The molecule has 1 heterocycles. The third kappa shape index (κ3) is 4.64. The second-order valence-electron chi connectivity index (χ2n) is 6.29. The highest BCUT2D eigenvalue weighted by Gasteiger charge is 2.24. The first kappa shape index (κ1) is 19.7. The van der Waals surface area contributed by atoms with E-state index in [0.717, 1.165) is 11.1 Å². The smallest absolute Gasteiger partial charge is 0.345 e. The van der Waals surface area contributed by atoms with E-state index in [1.165, 1.54) is 31.2 Å². The van der Waals surface area contributed by atoms with Gasteiger partial charge in [0.15, 0.2) is 6.61 Å². The van der Waals surface area contributed by atoms with Crippen LogP contribution >= 0.6 is 0 Å². The van der Waals surface area contributed by atoms with Gasteiger partial charge in [-0.05, 0) is 19.9 Å². The summed E-state index contributed by atoms with van der Waals surface area (Å²) < 4.78 is 9.96. The highest BCUT2D eigenvalue weighted by molar-refractivity contribution is 5.97. The molecule has 0 fully saturated rings. The van der Waals surface area contributed by atoms with Gasteiger partial charge in [-0.2, -0.15) is 0 Å². The van der Waals surface area contributed by atoms with Gasteiger partial charge in [0.25, 0.3) is 11.6 Å². The Morgan fingerprint density at radius 1 is 1.17 bits per heavy atom. The molecule has 3 aromatic rings. The molecular weight excluding hydrogens is 378 g/mol. The lowest BCUT2D eigenvalue weighted by Crippen LogP contribution is -2.21. The van der Waals surface area contributed by atoms with E-state index in [4.69, 9.17) is 9.26 Å². The molecule has 1 aromatic heterocycles. The number of carbonyl (C=O) groups excluding carboxylic acids is 2. The maximum Gasteiger partial charge on any atom is 0.345 e. The minimum atomic E-state index is -0.964. The van der Waals surface area contributed by atoms with Crippen LogP contribution in [0.2, 0.25) is 0 Å². The topological polar surface area (TPSA) is 125 Å². The summed E-state index contributed by atoms with van der Waals surface area (Å²) in [6.45, 7) is 2.84. The van der Waals surface area contributed by atoms with E-state index >= 15 is 0 Å². The lowest BCUT2D eigenvalue weighted by atomic mass is 10.1. The van der Waals surface area contributed by atoms with Crippen LogP contribution in [0.3, 0.4) is 0 Å². The molecule has 0 radical (unpaired) electrons. The van der Waals surface area contributed by atoms with Crippen molar-refractivity contribution >= 4 is 23.4 Å². The standard InChI is InChI=1S/C20H17N3O6/c1-12-6-8-14(9-7-12)16-10-18(29-22-16)21-17(24)11-28-20(25)15-5-3-4-13(2)19(15)23(26)27/h3-10H,11H2,1-2H3,(H,21,24). The summed E-state index contributed by atoms with van der Waals surface area (Å²) in [4.78, 5) is 34.7.